The van der Waals surface area contributed by atoms with Crippen LogP contribution < -0.4 is 10.1 Å². The highest BCUT2D eigenvalue weighted by atomic mass is 16.5. The highest BCUT2D eigenvalue weighted by Crippen LogP contribution is 2.19. The van der Waals surface area contributed by atoms with Gasteiger partial charge >= 0.3 is 0 Å². The van der Waals surface area contributed by atoms with Crippen LogP contribution in [0.15, 0.2) is 24.3 Å². The lowest BCUT2D eigenvalue weighted by Crippen LogP contribution is -2.39. The average molecular weight is 308 g/mol. The molecule has 0 fully saturated rings. The van der Waals surface area contributed by atoms with Crippen LogP contribution in [0.4, 0.5) is 0 Å². The van der Waals surface area contributed by atoms with Crippen LogP contribution in [0, 0.1) is 0 Å². The van der Waals surface area contributed by atoms with Crippen LogP contribution in [0.3, 0.4) is 0 Å². The minimum atomic E-state index is -0.179. The number of amides is 2. The molecule has 1 rings (SSSR count). The summed E-state index contributed by atoms with van der Waals surface area (Å²) in [5.41, 5.74) is 0.868. The molecule has 0 radical (unpaired) electrons. The first-order valence-corrected chi connectivity index (χ1v) is 7.21. The quantitative estimate of drug-likeness (QED) is 0.696. The number of rotatable bonds is 9. The van der Waals surface area contributed by atoms with Gasteiger partial charge in [-0.1, -0.05) is 18.2 Å². The summed E-state index contributed by atoms with van der Waals surface area (Å²) in [6.45, 7) is 2.95. The van der Waals surface area contributed by atoms with Crippen molar-refractivity contribution in [2.24, 2.45) is 0 Å². The second-order valence-corrected chi connectivity index (χ2v) is 4.88. The van der Waals surface area contributed by atoms with E-state index in [4.69, 9.17) is 9.47 Å². The number of benzene rings is 1. The average Bonchev–Trinajstić information content (AvgIpc) is 2.51. The van der Waals surface area contributed by atoms with Crippen LogP contribution in [0.1, 0.15) is 18.9 Å². The molecule has 0 bridgehead atoms. The van der Waals surface area contributed by atoms with Gasteiger partial charge in [-0.15, -0.1) is 0 Å². The third kappa shape index (κ3) is 6.13. The van der Waals surface area contributed by atoms with E-state index in [-0.39, 0.29) is 18.4 Å². The van der Waals surface area contributed by atoms with Gasteiger partial charge in [0, 0.05) is 39.3 Å². The zero-order chi connectivity index (χ0) is 16.4. The SMILES string of the molecule is COCCCNC(=O)CN(Cc1ccccc1OC)C(C)=O. The molecule has 0 unspecified atom stereocenters. The van der Waals surface area contributed by atoms with Gasteiger partial charge in [-0.2, -0.15) is 0 Å². The van der Waals surface area contributed by atoms with Gasteiger partial charge in [-0.05, 0) is 12.5 Å². The summed E-state index contributed by atoms with van der Waals surface area (Å²) in [6, 6.07) is 7.45. The van der Waals surface area contributed by atoms with Crippen LogP contribution in [0.25, 0.3) is 0 Å². The van der Waals surface area contributed by atoms with E-state index in [9.17, 15) is 9.59 Å². The Morgan fingerprint density at radius 3 is 2.59 bits per heavy atom. The number of carbonyl (C=O) groups is 2. The van der Waals surface area contributed by atoms with Gasteiger partial charge in [0.05, 0.1) is 13.7 Å². The number of nitrogens with zero attached hydrogens (tertiary/aromatic N) is 1. The lowest BCUT2D eigenvalue weighted by molar-refractivity contribution is -0.134. The topological polar surface area (TPSA) is 67.9 Å². The molecular weight excluding hydrogens is 284 g/mol. The summed E-state index contributed by atoms with van der Waals surface area (Å²) in [5.74, 6) is 0.369. The molecule has 0 aliphatic rings. The fourth-order valence-electron chi connectivity index (χ4n) is 1.99. The third-order valence-electron chi connectivity index (χ3n) is 3.18. The Balaban J connectivity index is 2.58. The Hall–Kier alpha value is -2.08. The number of hydrogen-bond donors (Lipinski definition) is 1. The summed E-state index contributed by atoms with van der Waals surface area (Å²) in [6.07, 6.45) is 0.745. The van der Waals surface area contributed by atoms with Gasteiger partial charge < -0.3 is 19.7 Å². The van der Waals surface area contributed by atoms with Crippen molar-refractivity contribution in [3.05, 3.63) is 29.8 Å². The summed E-state index contributed by atoms with van der Waals surface area (Å²) in [7, 11) is 3.20. The van der Waals surface area contributed by atoms with Crippen molar-refractivity contribution in [2.75, 3.05) is 33.9 Å². The van der Waals surface area contributed by atoms with Gasteiger partial charge in [0.2, 0.25) is 11.8 Å². The highest BCUT2D eigenvalue weighted by molar-refractivity contribution is 5.83. The van der Waals surface area contributed by atoms with Crippen LogP contribution in [0.2, 0.25) is 0 Å². The summed E-state index contributed by atoms with van der Waals surface area (Å²) in [4.78, 5) is 25.1. The van der Waals surface area contributed by atoms with Crippen LogP contribution >= 0.6 is 0 Å². The Morgan fingerprint density at radius 1 is 1.23 bits per heavy atom. The Morgan fingerprint density at radius 2 is 1.95 bits per heavy atom. The van der Waals surface area contributed by atoms with Crippen molar-refractivity contribution in [1.29, 1.82) is 0 Å². The van der Waals surface area contributed by atoms with E-state index < -0.39 is 0 Å². The van der Waals surface area contributed by atoms with Gasteiger partial charge in [0.1, 0.15) is 5.75 Å². The molecule has 0 spiro atoms. The van der Waals surface area contributed by atoms with E-state index in [1.165, 1.54) is 11.8 Å². The third-order valence-corrected chi connectivity index (χ3v) is 3.18. The van der Waals surface area contributed by atoms with Gasteiger partial charge in [0.25, 0.3) is 0 Å². The molecule has 0 aliphatic carbocycles. The minimum absolute atomic E-state index is 0.0281. The van der Waals surface area contributed by atoms with Crippen LogP contribution in [-0.2, 0) is 20.9 Å². The lowest BCUT2D eigenvalue weighted by atomic mass is 10.2. The van der Waals surface area contributed by atoms with Gasteiger partial charge in [0.15, 0.2) is 0 Å². The molecule has 1 aromatic carbocycles. The standard InChI is InChI=1S/C16H24N2O4/c1-13(19)18(12-16(20)17-9-6-10-21-2)11-14-7-4-5-8-15(14)22-3/h4-5,7-8H,6,9-12H2,1-3H3,(H,17,20). The van der Waals surface area contributed by atoms with Crippen molar-refractivity contribution in [3.63, 3.8) is 0 Å². The largest absolute Gasteiger partial charge is 0.496 e. The highest BCUT2D eigenvalue weighted by Gasteiger charge is 2.15. The predicted octanol–water partition coefficient (Wildman–Crippen LogP) is 1.20. The molecule has 0 aromatic heterocycles. The maximum Gasteiger partial charge on any atom is 0.239 e. The van der Waals surface area contributed by atoms with Gasteiger partial charge in [-0.25, -0.2) is 0 Å². The number of carbonyl (C=O) groups excluding carboxylic acids is 2. The number of hydrogen-bond acceptors (Lipinski definition) is 4. The van der Waals surface area contributed by atoms with Crippen molar-refractivity contribution >= 4 is 11.8 Å². The maximum absolute atomic E-state index is 11.9. The molecule has 6 heteroatoms. The molecular formula is C16H24N2O4. The van der Waals surface area contributed by atoms with Crippen molar-refractivity contribution in [2.45, 2.75) is 19.9 Å². The molecule has 1 aromatic rings. The smallest absolute Gasteiger partial charge is 0.239 e. The summed E-state index contributed by atoms with van der Waals surface area (Å²) < 4.78 is 10.2. The van der Waals surface area contributed by atoms with Crippen molar-refractivity contribution < 1.29 is 19.1 Å². The fraction of sp³-hybridized carbons (Fsp3) is 0.500. The lowest BCUT2D eigenvalue weighted by Gasteiger charge is -2.21. The molecule has 1 N–H and O–H groups in total. The van der Waals surface area contributed by atoms with E-state index in [1.54, 1.807) is 14.2 Å². The fourth-order valence-corrected chi connectivity index (χ4v) is 1.99. The van der Waals surface area contributed by atoms with E-state index in [0.29, 0.717) is 25.4 Å². The van der Waals surface area contributed by atoms with Crippen molar-refractivity contribution in [1.82, 2.24) is 10.2 Å². The molecule has 0 aliphatic heterocycles. The Kier molecular flexibility index (Phi) is 7.99. The Bertz CT molecular complexity index is 491. The van der Waals surface area contributed by atoms with E-state index in [0.717, 1.165) is 12.0 Å². The molecule has 0 saturated carbocycles. The monoisotopic (exact) mass is 308 g/mol. The molecule has 2 amide bonds. The molecule has 0 saturated heterocycles. The van der Waals surface area contributed by atoms with Gasteiger partial charge in [-0.3, -0.25) is 9.59 Å². The van der Waals surface area contributed by atoms with E-state index in [2.05, 4.69) is 5.32 Å². The minimum Gasteiger partial charge on any atom is -0.496 e. The van der Waals surface area contributed by atoms with Crippen molar-refractivity contribution in [3.8, 4) is 5.75 Å². The van der Waals surface area contributed by atoms with E-state index in [1.807, 2.05) is 24.3 Å². The normalized spacial score (nSPS) is 10.1. The molecule has 22 heavy (non-hydrogen) atoms. The summed E-state index contributed by atoms with van der Waals surface area (Å²) >= 11 is 0. The first kappa shape index (κ1) is 18.0. The van der Waals surface area contributed by atoms with Crippen LogP contribution in [0.5, 0.6) is 5.75 Å². The second-order valence-electron chi connectivity index (χ2n) is 4.88. The molecule has 122 valence electrons. The number of methoxy groups -OCH3 is 2. The number of para-hydroxylation sites is 1. The summed E-state index contributed by atoms with van der Waals surface area (Å²) in [5, 5.41) is 2.77. The number of nitrogens with one attached hydrogen (secondary N) is 1. The maximum atomic E-state index is 11.9. The van der Waals surface area contributed by atoms with Crippen LogP contribution in [-0.4, -0.2) is 50.6 Å². The molecule has 6 nitrogen and oxygen atoms in total. The zero-order valence-electron chi connectivity index (χ0n) is 13.4. The van der Waals surface area contributed by atoms with E-state index >= 15 is 0 Å². The first-order valence-electron chi connectivity index (χ1n) is 7.21. The second kappa shape index (κ2) is 9.78. The number of ether oxygens (including phenoxy) is 2. The zero-order valence-corrected chi connectivity index (χ0v) is 13.4. The predicted molar refractivity (Wildman–Crippen MR) is 83.6 cm³/mol. The molecule has 0 heterocycles. The Labute approximate surface area is 131 Å². The first-order chi connectivity index (χ1) is 10.6. The molecule has 0 atom stereocenters.